The molecule has 184 valence electrons. The maximum atomic E-state index is 14.5. The number of anilines is 1. The van der Waals surface area contributed by atoms with Crippen LogP contribution in [0, 0.1) is 12.7 Å². The summed E-state index contributed by atoms with van der Waals surface area (Å²) in [5, 5.41) is 8.23. The van der Waals surface area contributed by atoms with E-state index in [1.807, 2.05) is 84.5 Å². The van der Waals surface area contributed by atoms with Crippen molar-refractivity contribution < 1.29 is 9.18 Å². The number of carbonyl (C=O) groups excluding carboxylic acids is 1. The number of nitrogens with zero attached hydrogens (tertiary/aromatic N) is 4. The van der Waals surface area contributed by atoms with Gasteiger partial charge in [-0.05, 0) is 61.0 Å². The lowest BCUT2D eigenvalue weighted by Crippen LogP contribution is -2.38. The van der Waals surface area contributed by atoms with Crippen molar-refractivity contribution in [1.82, 2.24) is 19.2 Å². The van der Waals surface area contributed by atoms with Gasteiger partial charge in [-0.2, -0.15) is 5.10 Å². The first kappa shape index (κ1) is 23.1. The maximum absolute atomic E-state index is 14.5. The van der Waals surface area contributed by atoms with Crippen LogP contribution < -0.4 is 5.32 Å². The van der Waals surface area contributed by atoms with Crippen molar-refractivity contribution in [3.8, 4) is 11.5 Å². The maximum Gasteiger partial charge on any atom is 0.323 e. The zero-order chi connectivity index (χ0) is 25.5. The van der Waals surface area contributed by atoms with Crippen molar-refractivity contribution in [1.29, 1.82) is 0 Å². The first-order valence-electron chi connectivity index (χ1n) is 11.9. The lowest BCUT2D eigenvalue weighted by Gasteiger charge is -2.31. The second-order valence-electron chi connectivity index (χ2n) is 8.93. The van der Waals surface area contributed by atoms with E-state index in [4.69, 9.17) is 16.7 Å². The van der Waals surface area contributed by atoms with Crippen molar-refractivity contribution in [3.63, 3.8) is 0 Å². The van der Waals surface area contributed by atoms with E-state index >= 15 is 0 Å². The molecule has 1 N–H and O–H groups in total. The number of amides is 2. The first-order chi connectivity index (χ1) is 18.0. The molecule has 6 rings (SSSR count). The molecular formula is C29H23ClFN5O. The summed E-state index contributed by atoms with van der Waals surface area (Å²) in [7, 11) is 0. The van der Waals surface area contributed by atoms with Crippen LogP contribution >= 0.6 is 11.6 Å². The molecule has 0 radical (unpaired) electrons. The van der Waals surface area contributed by atoms with Crippen LogP contribution in [0.25, 0.3) is 11.5 Å². The van der Waals surface area contributed by atoms with Crippen molar-refractivity contribution in [2.45, 2.75) is 19.5 Å². The summed E-state index contributed by atoms with van der Waals surface area (Å²) in [6.45, 7) is 2.21. The molecule has 2 amide bonds. The lowest BCUT2D eigenvalue weighted by atomic mass is 10.0. The summed E-state index contributed by atoms with van der Waals surface area (Å²) in [5.41, 5.74) is 4.51. The highest BCUT2D eigenvalue weighted by Crippen LogP contribution is 2.39. The van der Waals surface area contributed by atoms with Gasteiger partial charge in [0.15, 0.2) is 0 Å². The third kappa shape index (κ3) is 4.07. The molecule has 1 unspecified atom stereocenters. The van der Waals surface area contributed by atoms with Crippen LogP contribution in [0.5, 0.6) is 0 Å². The monoisotopic (exact) mass is 511 g/mol. The number of hydrogen-bond donors (Lipinski definition) is 1. The summed E-state index contributed by atoms with van der Waals surface area (Å²) in [5.74, 6) is 0.370. The van der Waals surface area contributed by atoms with Gasteiger partial charge in [-0.25, -0.2) is 13.9 Å². The highest BCUT2D eigenvalue weighted by Gasteiger charge is 2.36. The van der Waals surface area contributed by atoms with E-state index < -0.39 is 17.9 Å². The van der Waals surface area contributed by atoms with E-state index in [0.29, 0.717) is 5.02 Å². The second kappa shape index (κ2) is 9.26. The quantitative estimate of drug-likeness (QED) is 0.286. The molecule has 8 heteroatoms. The van der Waals surface area contributed by atoms with E-state index in [9.17, 15) is 9.18 Å². The molecule has 0 saturated heterocycles. The minimum Gasteiger partial charge on any atom is -0.307 e. The number of urea groups is 1. The van der Waals surface area contributed by atoms with Crippen LogP contribution in [0.3, 0.4) is 0 Å². The molecule has 0 fully saturated rings. The van der Waals surface area contributed by atoms with Gasteiger partial charge in [0.2, 0.25) is 0 Å². The Morgan fingerprint density at radius 2 is 1.70 bits per heavy atom. The van der Waals surface area contributed by atoms with Crippen molar-refractivity contribution in [2.75, 3.05) is 5.32 Å². The fourth-order valence-electron chi connectivity index (χ4n) is 4.89. The van der Waals surface area contributed by atoms with Gasteiger partial charge in [0.25, 0.3) is 0 Å². The molecule has 1 aliphatic heterocycles. The highest BCUT2D eigenvalue weighted by atomic mass is 35.5. The molecule has 6 nitrogen and oxygen atoms in total. The van der Waals surface area contributed by atoms with E-state index in [-0.39, 0.29) is 12.2 Å². The summed E-state index contributed by atoms with van der Waals surface area (Å²) >= 11 is 6.20. The van der Waals surface area contributed by atoms with Crippen LogP contribution in [0.1, 0.15) is 28.6 Å². The molecule has 0 aliphatic carbocycles. The average molecular weight is 512 g/mol. The summed E-state index contributed by atoms with van der Waals surface area (Å²) in [6.07, 6.45) is 1.98. The number of carbonyl (C=O) groups is 1. The van der Waals surface area contributed by atoms with Gasteiger partial charge in [0.05, 0.1) is 35.3 Å². The average Bonchev–Trinajstić information content (AvgIpc) is 3.47. The molecule has 0 bridgehead atoms. The van der Waals surface area contributed by atoms with Crippen LogP contribution in [-0.2, 0) is 6.54 Å². The van der Waals surface area contributed by atoms with Crippen molar-refractivity contribution in [2.24, 2.45) is 0 Å². The number of rotatable bonds is 3. The summed E-state index contributed by atoms with van der Waals surface area (Å²) in [6, 6.07) is 26.6. The lowest BCUT2D eigenvalue weighted by molar-refractivity contribution is 0.194. The normalized spacial score (nSPS) is 14.6. The molecular weight excluding hydrogens is 489 g/mol. The largest absolute Gasteiger partial charge is 0.323 e. The predicted molar refractivity (Wildman–Crippen MR) is 142 cm³/mol. The highest BCUT2D eigenvalue weighted by molar-refractivity contribution is 6.30. The van der Waals surface area contributed by atoms with Gasteiger partial charge >= 0.3 is 6.03 Å². The molecule has 1 aliphatic rings. The zero-order valence-electron chi connectivity index (χ0n) is 20.0. The number of halogens is 2. The van der Waals surface area contributed by atoms with E-state index in [1.54, 1.807) is 23.1 Å². The van der Waals surface area contributed by atoms with Crippen LogP contribution in [0.4, 0.5) is 14.9 Å². The molecule has 37 heavy (non-hydrogen) atoms. The minimum absolute atomic E-state index is 0.124. The van der Waals surface area contributed by atoms with Gasteiger partial charge in [0, 0.05) is 16.8 Å². The van der Waals surface area contributed by atoms with Crippen molar-refractivity contribution >= 4 is 23.3 Å². The number of fused-ring (bicyclic) bond motifs is 3. The number of aryl methyl sites for hydroxylation is 1. The predicted octanol–water partition coefficient (Wildman–Crippen LogP) is 6.90. The number of hydrogen-bond acceptors (Lipinski definition) is 2. The molecule has 3 aromatic carbocycles. The van der Waals surface area contributed by atoms with Crippen LogP contribution in [0.2, 0.25) is 5.02 Å². The molecule has 0 saturated carbocycles. The van der Waals surface area contributed by atoms with E-state index in [2.05, 4.69) is 9.88 Å². The fourth-order valence-corrected chi connectivity index (χ4v) is 5.02. The Balaban J connectivity index is 1.54. The standard InChI is InChI=1S/C29H23ClFN5O/c1-19-23-18-35(29(37)32-25-11-6-5-10-24(25)31)27(20-13-15-21(30)16-14-20)26-12-7-17-34(26)28(23)36(33-19)22-8-3-2-4-9-22/h2-17,27H,18H2,1H3,(H,32,37). The smallest absolute Gasteiger partial charge is 0.307 e. The Bertz CT molecular complexity index is 1590. The van der Waals surface area contributed by atoms with Gasteiger partial charge in [-0.15, -0.1) is 0 Å². The Morgan fingerprint density at radius 1 is 0.973 bits per heavy atom. The molecule has 5 aromatic rings. The summed E-state index contributed by atoms with van der Waals surface area (Å²) in [4.78, 5) is 15.6. The SMILES string of the molecule is Cc1nn(-c2ccccc2)c2c1CN(C(=O)Nc1ccccc1F)C(c1ccc(Cl)cc1)c1cccn1-2. The topological polar surface area (TPSA) is 55.1 Å². The van der Waals surface area contributed by atoms with Gasteiger partial charge in [-0.3, -0.25) is 0 Å². The Labute approximate surface area is 218 Å². The molecule has 2 aromatic heterocycles. The number of nitrogens with one attached hydrogen (secondary N) is 1. The van der Waals surface area contributed by atoms with Crippen LogP contribution in [0.15, 0.2) is 97.2 Å². The first-order valence-corrected chi connectivity index (χ1v) is 12.3. The Morgan fingerprint density at radius 3 is 2.46 bits per heavy atom. The Hall–Kier alpha value is -4.36. The van der Waals surface area contributed by atoms with E-state index in [0.717, 1.165) is 34.0 Å². The molecule has 3 heterocycles. The Kier molecular flexibility index (Phi) is 5.77. The third-order valence-electron chi connectivity index (χ3n) is 6.65. The second-order valence-corrected chi connectivity index (χ2v) is 9.37. The molecule has 0 spiro atoms. The number of benzene rings is 3. The summed E-state index contributed by atoms with van der Waals surface area (Å²) < 4.78 is 18.5. The molecule has 1 atom stereocenters. The van der Waals surface area contributed by atoms with Gasteiger partial charge in [-0.1, -0.05) is 54.1 Å². The van der Waals surface area contributed by atoms with E-state index in [1.165, 1.54) is 6.07 Å². The third-order valence-corrected chi connectivity index (χ3v) is 6.90. The minimum atomic E-state index is -0.495. The fraction of sp³-hybridized carbons (Fsp3) is 0.103. The van der Waals surface area contributed by atoms with Crippen molar-refractivity contribution in [3.05, 3.63) is 131 Å². The van der Waals surface area contributed by atoms with Crippen LogP contribution in [-0.4, -0.2) is 25.3 Å². The number of aromatic nitrogens is 3. The van der Waals surface area contributed by atoms with Gasteiger partial charge in [0.1, 0.15) is 11.6 Å². The number of para-hydroxylation sites is 2. The van der Waals surface area contributed by atoms with Gasteiger partial charge < -0.3 is 14.8 Å². The zero-order valence-corrected chi connectivity index (χ0v) is 20.7.